The van der Waals surface area contributed by atoms with Crippen LogP contribution in [-0.2, 0) is 4.79 Å². The monoisotopic (exact) mass is 295 g/mol. The van der Waals surface area contributed by atoms with Crippen molar-refractivity contribution in [3.8, 4) is 0 Å². The summed E-state index contributed by atoms with van der Waals surface area (Å²) >= 11 is 6.02. The molecule has 1 aliphatic heterocycles. The van der Waals surface area contributed by atoms with Gasteiger partial charge in [-0.15, -0.1) is 0 Å². The van der Waals surface area contributed by atoms with Crippen molar-refractivity contribution in [2.75, 3.05) is 32.0 Å². The third kappa shape index (κ3) is 4.47. The number of nitrogens with one attached hydrogen (secondary N) is 2. The molecule has 2 N–H and O–H groups in total. The fraction of sp³-hybridized carbons (Fsp3) is 0.533. The summed E-state index contributed by atoms with van der Waals surface area (Å²) in [5, 5.41) is 6.75. The van der Waals surface area contributed by atoms with Crippen molar-refractivity contribution in [3.63, 3.8) is 0 Å². The Morgan fingerprint density at radius 3 is 3.00 bits per heavy atom. The number of carbonyl (C=O) groups is 1. The number of piperidine rings is 1. The first-order valence-corrected chi connectivity index (χ1v) is 7.51. The summed E-state index contributed by atoms with van der Waals surface area (Å²) in [6.07, 6.45) is 2.91. The molecule has 0 aliphatic carbocycles. The quantitative estimate of drug-likeness (QED) is 0.876. The van der Waals surface area contributed by atoms with Gasteiger partial charge in [-0.3, -0.25) is 4.79 Å². The maximum absolute atomic E-state index is 11.9. The van der Waals surface area contributed by atoms with Crippen LogP contribution in [0.25, 0.3) is 0 Å². The van der Waals surface area contributed by atoms with Crippen LogP contribution in [0.3, 0.4) is 0 Å². The first-order valence-electron chi connectivity index (χ1n) is 7.13. The average Bonchev–Trinajstić information content (AvgIpc) is 2.48. The number of hydrogen-bond donors (Lipinski definition) is 2. The number of amides is 1. The Morgan fingerprint density at radius 2 is 2.25 bits per heavy atom. The molecule has 1 aliphatic rings. The van der Waals surface area contributed by atoms with Crippen molar-refractivity contribution < 1.29 is 4.79 Å². The lowest BCUT2D eigenvalue weighted by Gasteiger charge is -2.32. The number of hydrogen-bond acceptors (Lipinski definition) is 3. The van der Waals surface area contributed by atoms with Crippen molar-refractivity contribution in [3.05, 3.63) is 29.3 Å². The molecule has 1 fully saturated rings. The Morgan fingerprint density at radius 1 is 1.45 bits per heavy atom. The number of likely N-dealkylation sites (N-methyl/N-ethyl adjacent to an activating group) is 1. The molecule has 0 spiro atoms. The van der Waals surface area contributed by atoms with Gasteiger partial charge in [0.15, 0.2) is 0 Å². The van der Waals surface area contributed by atoms with E-state index >= 15 is 0 Å². The highest BCUT2D eigenvalue weighted by Gasteiger charge is 2.18. The maximum atomic E-state index is 11.9. The summed E-state index contributed by atoms with van der Waals surface area (Å²) < 4.78 is 0. The molecular formula is C15H22ClN3O. The molecule has 110 valence electrons. The minimum Gasteiger partial charge on any atom is -0.325 e. The van der Waals surface area contributed by atoms with E-state index in [-0.39, 0.29) is 5.91 Å². The fourth-order valence-corrected chi connectivity index (χ4v) is 2.71. The Labute approximate surface area is 125 Å². The first-order chi connectivity index (χ1) is 9.69. The number of halogens is 1. The third-order valence-electron chi connectivity index (χ3n) is 3.72. The summed E-state index contributed by atoms with van der Waals surface area (Å²) in [6, 6.07) is 7.86. The van der Waals surface area contributed by atoms with Gasteiger partial charge in [-0.1, -0.05) is 23.7 Å². The Bertz CT molecular complexity index is 452. The molecule has 1 heterocycles. The van der Waals surface area contributed by atoms with Crippen molar-refractivity contribution >= 4 is 23.2 Å². The van der Waals surface area contributed by atoms with E-state index in [0.717, 1.165) is 19.6 Å². The third-order valence-corrected chi connectivity index (χ3v) is 4.05. The van der Waals surface area contributed by atoms with E-state index in [4.69, 9.17) is 11.6 Å². The Kier molecular flexibility index (Phi) is 5.83. The topological polar surface area (TPSA) is 44.4 Å². The van der Waals surface area contributed by atoms with E-state index in [2.05, 4.69) is 15.5 Å². The molecule has 0 aromatic heterocycles. The van der Waals surface area contributed by atoms with E-state index in [1.54, 1.807) is 6.07 Å². The molecule has 0 bridgehead atoms. The number of nitrogens with zero attached hydrogens (tertiary/aromatic N) is 1. The number of carbonyl (C=O) groups excluding carboxylic acids is 1. The molecule has 0 saturated carbocycles. The lowest BCUT2D eigenvalue weighted by Crippen LogP contribution is -2.45. The molecule has 1 saturated heterocycles. The van der Waals surface area contributed by atoms with Crippen LogP contribution < -0.4 is 10.6 Å². The van der Waals surface area contributed by atoms with Crippen molar-refractivity contribution in [2.45, 2.75) is 25.3 Å². The SMILES string of the molecule is CNC1CCCN(CCC(=O)Nc2ccccc2Cl)C1. The van der Waals surface area contributed by atoms with Gasteiger partial charge in [-0.25, -0.2) is 0 Å². The predicted octanol–water partition coefficient (Wildman–Crippen LogP) is 2.35. The van der Waals surface area contributed by atoms with Gasteiger partial charge in [0, 0.05) is 25.6 Å². The maximum Gasteiger partial charge on any atom is 0.225 e. The van der Waals surface area contributed by atoms with Gasteiger partial charge in [0.1, 0.15) is 0 Å². The summed E-state index contributed by atoms with van der Waals surface area (Å²) in [5.41, 5.74) is 0.686. The van der Waals surface area contributed by atoms with E-state index in [1.165, 1.54) is 12.8 Å². The van der Waals surface area contributed by atoms with Crippen LogP contribution in [-0.4, -0.2) is 43.5 Å². The van der Waals surface area contributed by atoms with Crippen LogP contribution >= 0.6 is 11.6 Å². The van der Waals surface area contributed by atoms with E-state index in [9.17, 15) is 4.79 Å². The van der Waals surface area contributed by atoms with Gasteiger partial charge in [-0.05, 0) is 38.6 Å². The van der Waals surface area contributed by atoms with Crippen LogP contribution in [0.4, 0.5) is 5.69 Å². The summed E-state index contributed by atoms with van der Waals surface area (Å²) in [6.45, 7) is 2.90. The molecule has 1 unspecified atom stereocenters. The van der Waals surface area contributed by atoms with E-state index in [1.807, 2.05) is 25.2 Å². The largest absolute Gasteiger partial charge is 0.325 e. The van der Waals surface area contributed by atoms with Gasteiger partial charge in [0.25, 0.3) is 0 Å². The van der Waals surface area contributed by atoms with Crippen molar-refractivity contribution in [2.24, 2.45) is 0 Å². The molecule has 4 nitrogen and oxygen atoms in total. The van der Waals surface area contributed by atoms with Gasteiger partial charge in [0.2, 0.25) is 5.91 Å². The highest BCUT2D eigenvalue weighted by Crippen LogP contribution is 2.20. The first kappa shape index (κ1) is 15.3. The Hall–Kier alpha value is -1.10. The highest BCUT2D eigenvalue weighted by atomic mass is 35.5. The summed E-state index contributed by atoms with van der Waals surface area (Å²) in [5.74, 6) is 0.0182. The lowest BCUT2D eigenvalue weighted by atomic mass is 10.1. The van der Waals surface area contributed by atoms with Crippen LogP contribution in [0, 0.1) is 0 Å². The van der Waals surface area contributed by atoms with Gasteiger partial charge in [-0.2, -0.15) is 0 Å². The number of anilines is 1. The van der Waals surface area contributed by atoms with Crippen LogP contribution in [0.5, 0.6) is 0 Å². The number of benzene rings is 1. The van der Waals surface area contributed by atoms with Gasteiger partial charge in [0.05, 0.1) is 10.7 Å². The van der Waals surface area contributed by atoms with Crippen molar-refractivity contribution in [1.82, 2.24) is 10.2 Å². The minimum atomic E-state index is 0.0182. The van der Waals surface area contributed by atoms with Crippen LogP contribution in [0.15, 0.2) is 24.3 Å². The molecule has 0 radical (unpaired) electrons. The minimum absolute atomic E-state index is 0.0182. The normalized spacial score (nSPS) is 19.8. The smallest absolute Gasteiger partial charge is 0.225 e. The predicted molar refractivity (Wildman–Crippen MR) is 83.2 cm³/mol. The second-order valence-electron chi connectivity index (χ2n) is 5.21. The molecule has 5 heteroatoms. The second kappa shape index (κ2) is 7.62. The zero-order chi connectivity index (χ0) is 14.4. The highest BCUT2D eigenvalue weighted by molar-refractivity contribution is 6.33. The second-order valence-corrected chi connectivity index (χ2v) is 5.61. The van der Waals surface area contributed by atoms with Crippen LogP contribution in [0.1, 0.15) is 19.3 Å². The average molecular weight is 296 g/mol. The molecule has 1 amide bonds. The lowest BCUT2D eigenvalue weighted by molar-refractivity contribution is -0.116. The molecular weight excluding hydrogens is 274 g/mol. The van der Waals surface area contributed by atoms with Crippen molar-refractivity contribution in [1.29, 1.82) is 0 Å². The van der Waals surface area contributed by atoms with Gasteiger partial charge < -0.3 is 15.5 Å². The molecule has 20 heavy (non-hydrogen) atoms. The molecule has 1 aromatic carbocycles. The van der Waals surface area contributed by atoms with Crippen LogP contribution in [0.2, 0.25) is 5.02 Å². The molecule has 2 rings (SSSR count). The summed E-state index contributed by atoms with van der Waals surface area (Å²) in [4.78, 5) is 14.3. The molecule has 1 atom stereocenters. The summed E-state index contributed by atoms with van der Waals surface area (Å²) in [7, 11) is 2.00. The number of likely N-dealkylation sites (tertiary alicyclic amines) is 1. The molecule has 1 aromatic rings. The fourth-order valence-electron chi connectivity index (χ4n) is 2.53. The zero-order valence-corrected chi connectivity index (χ0v) is 12.6. The number of para-hydroxylation sites is 1. The number of rotatable bonds is 5. The van der Waals surface area contributed by atoms with Gasteiger partial charge >= 0.3 is 0 Å². The zero-order valence-electron chi connectivity index (χ0n) is 11.9. The Balaban J connectivity index is 1.76. The van der Waals surface area contributed by atoms with E-state index in [0.29, 0.717) is 23.2 Å². The van der Waals surface area contributed by atoms with E-state index < -0.39 is 0 Å². The standard InChI is InChI=1S/C15H22ClN3O/c1-17-12-5-4-9-19(11-12)10-8-15(20)18-14-7-3-2-6-13(14)16/h2-3,6-7,12,17H,4-5,8-11H2,1H3,(H,18,20).